The van der Waals surface area contributed by atoms with Crippen LogP contribution in [-0.4, -0.2) is 66.5 Å². The molecule has 160 valence electrons. The molecule has 30 heavy (non-hydrogen) atoms. The van der Waals surface area contributed by atoms with Crippen LogP contribution in [0.3, 0.4) is 0 Å². The van der Waals surface area contributed by atoms with Gasteiger partial charge in [-0.15, -0.1) is 0 Å². The first-order chi connectivity index (χ1) is 14.7. The normalized spacial score (nSPS) is 21.0. The van der Waals surface area contributed by atoms with Gasteiger partial charge in [0, 0.05) is 62.4 Å². The van der Waals surface area contributed by atoms with E-state index in [0.717, 1.165) is 44.0 Å². The third-order valence-corrected chi connectivity index (χ3v) is 5.55. The number of benzene rings is 1. The molecule has 1 aromatic rings. The summed E-state index contributed by atoms with van der Waals surface area (Å²) in [5.74, 6) is -0.198. The zero-order valence-corrected chi connectivity index (χ0v) is 18.0. The summed E-state index contributed by atoms with van der Waals surface area (Å²) in [5, 5.41) is 9.08. The van der Waals surface area contributed by atoms with Crippen molar-refractivity contribution in [3.8, 4) is 0 Å². The number of aliphatic hydroxyl groups excluding tert-OH is 1. The lowest BCUT2D eigenvalue weighted by molar-refractivity contribution is 0.174. The number of allylic oxidation sites excluding steroid dienone is 5. The topological polar surface area (TPSA) is 39.1 Å². The van der Waals surface area contributed by atoms with Gasteiger partial charge in [0.2, 0.25) is 0 Å². The number of nitrogens with zero attached hydrogens (tertiary/aromatic N) is 3. The highest BCUT2D eigenvalue weighted by molar-refractivity contribution is 5.82. The maximum atomic E-state index is 14.6. The molecule has 5 heteroatoms. The van der Waals surface area contributed by atoms with Crippen molar-refractivity contribution in [1.29, 1.82) is 0 Å². The molecule has 0 aliphatic carbocycles. The summed E-state index contributed by atoms with van der Waals surface area (Å²) in [6.07, 6.45) is 12.8. The fraction of sp³-hybridized carbons (Fsp3) is 0.400. The van der Waals surface area contributed by atoms with E-state index in [1.54, 1.807) is 6.07 Å². The van der Waals surface area contributed by atoms with E-state index >= 15 is 0 Å². The number of hydrogen-bond acceptors (Lipinski definition) is 4. The number of halogens is 1. The second kappa shape index (κ2) is 11.0. The molecular formula is C25H32FN3O. The summed E-state index contributed by atoms with van der Waals surface area (Å²) in [7, 11) is 0. The molecular weight excluding hydrogens is 377 g/mol. The number of aliphatic hydroxyl groups is 1. The van der Waals surface area contributed by atoms with Crippen LogP contribution in [0, 0.1) is 5.82 Å². The average molecular weight is 410 g/mol. The van der Waals surface area contributed by atoms with Crippen LogP contribution in [0.1, 0.15) is 25.8 Å². The monoisotopic (exact) mass is 409 g/mol. The van der Waals surface area contributed by atoms with E-state index in [0.29, 0.717) is 12.0 Å². The molecule has 1 N–H and O–H groups in total. The molecule has 0 bridgehead atoms. The van der Waals surface area contributed by atoms with E-state index in [1.165, 1.54) is 11.6 Å². The quantitative estimate of drug-likeness (QED) is 0.658. The molecule has 1 atom stereocenters. The molecule has 3 rings (SSSR count). The van der Waals surface area contributed by atoms with Crippen molar-refractivity contribution in [2.24, 2.45) is 4.99 Å². The molecule has 0 saturated carbocycles. The van der Waals surface area contributed by atoms with Crippen LogP contribution in [0.15, 0.2) is 70.9 Å². The fourth-order valence-electron chi connectivity index (χ4n) is 4.01. The Morgan fingerprint density at radius 1 is 1.20 bits per heavy atom. The van der Waals surface area contributed by atoms with Crippen molar-refractivity contribution >= 4 is 11.8 Å². The van der Waals surface area contributed by atoms with Gasteiger partial charge in [-0.1, -0.05) is 48.6 Å². The van der Waals surface area contributed by atoms with Gasteiger partial charge in [0.05, 0.1) is 6.04 Å². The highest BCUT2D eigenvalue weighted by atomic mass is 19.1. The van der Waals surface area contributed by atoms with Crippen LogP contribution >= 0.6 is 0 Å². The third kappa shape index (κ3) is 5.55. The molecule has 0 radical (unpaired) electrons. The van der Waals surface area contributed by atoms with Gasteiger partial charge in [0.25, 0.3) is 0 Å². The minimum atomic E-state index is -0.198. The number of rotatable bonds is 8. The maximum Gasteiger partial charge on any atom is 0.131 e. The van der Waals surface area contributed by atoms with Crippen molar-refractivity contribution in [2.75, 3.05) is 39.3 Å². The van der Waals surface area contributed by atoms with Crippen molar-refractivity contribution < 1.29 is 9.50 Å². The number of piperazine rings is 1. The van der Waals surface area contributed by atoms with Gasteiger partial charge in [-0.2, -0.15) is 0 Å². The first-order valence-corrected chi connectivity index (χ1v) is 10.7. The lowest BCUT2D eigenvalue weighted by Crippen LogP contribution is -2.46. The molecule has 0 aromatic heterocycles. The Balaban J connectivity index is 1.67. The molecule has 4 nitrogen and oxygen atoms in total. The first kappa shape index (κ1) is 22.2. The fourth-order valence-corrected chi connectivity index (χ4v) is 4.01. The van der Waals surface area contributed by atoms with E-state index in [2.05, 4.69) is 26.9 Å². The first-order valence-electron chi connectivity index (χ1n) is 10.7. The van der Waals surface area contributed by atoms with Crippen LogP contribution in [0.2, 0.25) is 0 Å². The third-order valence-electron chi connectivity index (χ3n) is 5.55. The number of hydrogen-bond donors (Lipinski definition) is 1. The van der Waals surface area contributed by atoms with E-state index in [-0.39, 0.29) is 18.5 Å². The van der Waals surface area contributed by atoms with Gasteiger partial charge in [-0.3, -0.25) is 9.89 Å². The Morgan fingerprint density at radius 3 is 2.63 bits per heavy atom. The Hall–Kier alpha value is -2.50. The van der Waals surface area contributed by atoms with Crippen LogP contribution in [0.4, 0.5) is 4.39 Å². The zero-order valence-electron chi connectivity index (χ0n) is 18.0. The van der Waals surface area contributed by atoms with Gasteiger partial charge < -0.3 is 10.0 Å². The van der Waals surface area contributed by atoms with Crippen molar-refractivity contribution in [3.63, 3.8) is 0 Å². The average Bonchev–Trinajstić information content (AvgIpc) is 3.20. The van der Waals surface area contributed by atoms with Crippen LogP contribution in [-0.2, 0) is 0 Å². The van der Waals surface area contributed by atoms with Crippen LogP contribution in [0.25, 0.3) is 5.57 Å². The van der Waals surface area contributed by atoms with Gasteiger partial charge >= 0.3 is 0 Å². The standard InChI is InChI=1S/C25H32FN3O/c1-3-5-8-23(22-9-6-7-10-24(22)26)25(4-2)29-14-12-28(13-15-29)19-20-17-21(11-16-30)27-18-20/h3-10,17-18,21,30H,11-16,19H2,1-2H3/b5-3-,23-8-,25-4-. The molecule has 0 spiro atoms. The van der Waals surface area contributed by atoms with Gasteiger partial charge in [0.15, 0.2) is 0 Å². The van der Waals surface area contributed by atoms with E-state index in [4.69, 9.17) is 5.11 Å². The van der Waals surface area contributed by atoms with Crippen molar-refractivity contribution in [1.82, 2.24) is 9.80 Å². The molecule has 0 amide bonds. The predicted octanol–water partition coefficient (Wildman–Crippen LogP) is 4.07. The summed E-state index contributed by atoms with van der Waals surface area (Å²) < 4.78 is 14.6. The van der Waals surface area contributed by atoms with Crippen LogP contribution < -0.4 is 0 Å². The van der Waals surface area contributed by atoms with Crippen molar-refractivity contribution in [2.45, 2.75) is 26.3 Å². The lowest BCUT2D eigenvalue weighted by Gasteiger charge is -2.38. The lowest BCUT2D eigenvalue weighted by atomic mass is 9.99. The summed E-state index contributed by atoms with van der Waals surface area (Å²) >= 11 is 0. The minimum absolute atomic E-state index is 0.126. The molecule has 1 aromatic carbocycles. The van der Waals surface area contributed by atoms with Crippen molar-refractivity contribution in [3.05, 3.63) is 77.3 Å². The Morgan fingerprint density at radius 2 is 1.97 bits per heavy atom. The summed E-state index contributed by atoms with van der Waals surface area (Å²) in [5.41, 5.74) is 3.85. The molecule has 1 saturated heterocycles. The molecule has 2 heterocycles. The summed E-state index contributed by atoms with van der Waals surface area (Å²) in [6, 6.07) is 7.10. The second-order valence-electron chi connectivity index (χ2n) is 7.62. The maximum absolute atomic E-state index is 14.6. The predicted molar refractivity (Wildman–Crippen MR) is 123 cm³/mol. The SMILES string of the molecule is C\C=C/C=C(\C(=C\C)N1CCN(CC2=CC(CCO)N=C2)CC1)c1ccccc1F. The molecule has 1 unspecified atom stereocenters. The second-order valence-corrected chi connectivity index (χ2v) is 7.62. The Labute approximate surface area is 179 Å². The minimum Gasteiger partial charge on any atom is -0.396 e. The molecule has 2 aliphatic rings. The highest BCUT2D eigenvalue weighted by Crippen LogP contribution is 2.29. The van der Waals surface area contributed by atoms with Gasteiger partial charge in [-0.25, -0.2) is 4.39 Å². The largest absolute Gasteiger partial charge is 0.396 e. The zero-order chi connectivity index (χ0) is 21.3. The van der Waals surface area contributed by atoms with Gasteiger partial charge in [0.1, 0.15) is 5.82 Å². The van der Waals surface area contributed by atoms with E-state index < -0.39 is 0 Å². The van der Waals surface area contributed by atoms with E-state index in [9.17, 15) is 4.39 Å². The summed E-state index contributed by atoms with van der Waals surface area (Å²) in [4.78, 5) is 9.23. The summed E-state index contributed by atoms with van der Waals surface area (Å²) in [6.45, 7) is 8.73. The highest BCUT2D eigenvalue weighted by Gasteiger charge is 2.23. The number of aliphatic imine (C=N–C) groups is 1. The Bertz CT molecular complexity index is 861. The molecule has 2 aliphatic heterocycles. The van der Waals surface area contributed by atoms with E-state index in [1.807, 2.05) is 50.4 Å². The van der Waals surface area contributed by atoms with Gasteiger partial charge in [-0.05, 0) is 31.9 Å². The van der Waals surface area contributed by atoms with Crippen LogP contribution in [0.5, 0.6) is 0 Å². The smallest absolute Gasteiger partial charge is 0.131 e. The molecule has 1 fully saturated rings. The Kier molecular flexibility index (Phi) is 8.17.